The quantitative estimate of drug-likeness (QED) is 0.851. The number of fused-ring (bicyclic) bond motifs is 2. The number of hydrogen-bond donors (Lipinski definition) is 1. The van der Waals surface area contributed by atoms with Crippen molar-refractivity contribution in [3.8, 4) is 11.5 Å². The van der Waals surface area contributed by atoms with Crippen LogP contribution >= 0.6 is 0 Å². The first-order chi connectivity index (χ1) is 13.3. The van der Waals surface area contributed by atoms with Gasteiger partial charge in [-0.05, 0) is 30.3 Å². The predicted octanol–water partition coefficient (Wildman–Crippen LogP) is 4.43. The summed E-state index contributed by atoms with van der Waals surface area (Å²) < 4.78 is 11.4. The van der Waals surface area contributed by atoms with Crippen molar-refractivity contribution in [1.29, 1.82) is 0 Å². The molecule has 1 heterocycles. The third-order valence-electron chi connectivity index (χ3n) is 4.46. The Labute approximate surface area is 166 Å². The lowest BCUT2D eigenvalue weighted by Gasteiger charge is -2.22. The third-order valence-corrected chi connectivity index (χ3v) is 4.46. The molecule has 6 nitrogen and oxygen atoms in total. The highest BCUT2D eigenvalue weighted by Gasteiger charge is 2.24. The van der Waals surface area contributed by atoms with Gasteiger partial charge in [0.05, 0.1) is 12.2 Å². The van der Waals surface area contributed by atoms with E-state index in [1.165, 1.54) is 0 Å². The lowest BCUT2D eigenvalue weighted by Crippen LogP contribution is -2.31. The molecule has 1 N–H and O–H groups in total. The topological polar surface area (TPSA) is 63.2 Å². The number of rotatable bonds is 4. The molecule has 3 rings (SSSR count). The zero-order valence-electron chi connectivity index (χ0n) is 17.1. The van der Waals surface area contributed by atoms with Gasteiger partial charge in [0.15, 0.2) is 5.75 Å². The fraction of sp³-hybridized carbons (Fsp3) is 0.364. The monoisotopic (exact) mass is 381 g/mol. The Morgan fingerprint density at radius 3 is 2.64 bits per heavy atom. The van der Waals surface area contributed by atoms with Gasteiger partial charge in [0.25, 0.3) is 0 Å². The minimum atomic E-state index is -0.480. The van der Waals surface area contributed by atoms with Gasteiger partial charge >= 0.3 is 0 Å². The van der Waals surface area contributed by atoms with Crippen LogP contribution in [0.2, 0.25) is 0 Å². The van der Waals surface area contributed by atoms with E-state index in [-0.39, 0.29) is 5.91 Å². The fourth-order valence-electron chi connectivity index (χ4n) is 2.74. The van der Waals surface area contributed by atoms with Crippen LogP contribution in [-0.2, 0) is 9.53 Å². The number of para-hydroxylation sites is 2. The highest BCUT2D eigenvalue weighted by atomic mass is 16.5. The van der Waals surface area contributed by atoms with E-state index in [1.54, 1.807) is 7.11 Å². The summed E-state index contributed by atoms with van der Waals surface area (Å²) in [4.78, 5) is 19.3. The number of nitrogens with one attached hydrogen (secondary N) is 1. The van der Waals surface area contributed by atoms with E-state index < -0.39 is 5.41 Å². The minimum Gasteiger partial charge on any atom is -0.454 e. The molecule has 0 atom stereocenters. The average Bonchev–Trinajstić information content (AvgIpc) is 2.82. The van der Waals surface area contributed by atoms with Crippen LogP contribution in [0.25, 0.3) is 0 Å². The number of carbonyl (C=O) groups is 1. The molecule has 0 aromatic heterocycles. The lowest BCUT2D eigenvalue weighted by molar-refractivity contribution is -0.123. The SMILES string of the molecule is COCCN(C)C1=Nc2ccccc2Oc2ccc(NC(=O)C(C)(C)C)cc21. The van der Waals surface area contributed by atoms with E-state index in [0.717, 1.165) is 17.1 Å². The molecule has 6 heteroatoms. The summed E-state index contributed by atoms with van der Waals surface area (Å²) in [6.45, 7) is 6.91. The van der Waals surface area contributed by atoms with E-state index in [1.807, 2.05) is 75.2 Å². The van der Waals surface area contributed by atoms with Crippen LogP contribution in [-0.4, -0.2) is 44.0 Å². The number of amidine groups is 1. The summed E-state index contributed by atoms with van der Waals surface area (Å²) in [5.41, 5.74) is 1.81. The lowest BCUT2D eigenvalue weighted by atomic mass is 9.95. The molecule has 1 aliphatic rings. The fourth-order valence-corrected chi connectivity index (χ4v) is 2.74. The molecule has 1 amide bonds. The smallest absolute Gasteiger partial charge is 0.229 e. The number of nitrogens with zero attached hydrogens (tertiary/aromatic N) is 2. The molecule has 0 fully saturated rings. The minimum absolute atomic E-state index is 0.0449. The summed E-state index contributed by atoms with van der Waals surface area (Å²) in [7, 11) is 3.64. The van der Waals surface area contributed by atoms with Crippen molar-refractivity contribution in [3.05, 3.63) is 48.0 Å². The van der Waals surface area contributed by atoms with Crippen LogP contribution in [0.4, 0.5) is 11.4 Å². The largest absolute Gasteiger partial charge is 0.454 e. The second kappa shape index (κ2) is 8.02. The Hall–Kier alpha value is -2.86. The van der Waals surface area contributed by atoms with E-state index >= 15 is 0 Å². The summed E-state index contributed by atoms with van der Waals surface area (Å²) >= 11 is 0. The van der Waals surface area contributed by atoms with Crippen LogP contribution < -0.4 is 10.1 Å². The van der Waals surface area contributed by atoms with Crippen molar-refractivity contribution in [3.63, 3.8) is 0 Å². The summed E-state index contributed by atoms with van der Waals surface area (Å²) in [6.07, 6.45) is 0. The van der Waals surface area contributed by atoms with Gasteiger partial charge in [-0.3, -0.25) is 4.79 Å². The van der Waals surface area contributed by atoms with Gasteiger partial charge < -0.3 is 19.7 Å². The van der Waals surface area contributed by atoms with E-state index in [4.69, 9.17) is 14.5 Å². The van der Waals surface area contributed by atoms with Crippen molar-refractivity contribution in [2.75, 3.05) is 32.6 Å². The number of carbonyl (C=O) groups excluding carboxylic acids is 1. The van der Waals surface area contributed by atoms with Gasteiger partial charge in [0.1, 0.15) is 17.3 Å². The van der Waals surface area contributed by atoms with Crippen LogP contribution in [0, 0.1) is 5.41 Å². The number of amides is 1. The number of ether oxygens (including phenoxy) is 2. The van der Waals surface area contributed by atoms with E-state index in [0.29, 0.717) is 30.3 Å². The molecular weight excluding hydrogens is 354 g/mol. The zero-order valence-corrected chi connectivity index (χ0v) is 17.1. The molecule has 0 bridgehead atoms. The van der Waals surface area contributed by atoms with Crippen LogP contribution in [0.5, 0.6) is 11.5 Å². The second-order valence-electron chi connectivity index (χ2n) is 7.83. The molecule has 0 radical (unpaired) electrons. The number of methoxy groups -OCH3 is 1. The summed E-state index contributed by atoms with van der Waals surface area (Å²) in [5.74, 6) is 2.12. The molecule has 2 aromatic carbocycles. The highest BCUT2D eigenvalue weighted by molar-refractivity contribution is 6.05. The Balaban J connectivity index is 2.04. The Bertz CT molecular complexity index is 900. The van der Waals surface area contributed by atoms with Crippen molar-refractivity contribution in [2.45, 2.75) is 20.8 Å². The Morgan fingerprint density at radius 2 is 1.93 bits per heavy atom. The van der Waals surface area contributed by atoms with Crippen LogP contribution in [0.3, 0.4) is 0 Å². The van der Waals surface area contributed by atoms with Gasteiger partial charge in [-0.2, -0.15) is 0 Å². The van der Waals surface area contributed by atoms with Crippen molar-refractivity contribution < 1.29 is 14.3 Å². The van der Waals surface area contributed by atoms with Crippen LogP contribution in [0.1, 0.15) is 26.3 Å². The summed E-state index contributed by atoms with van der Waals surface area (Å²) in [5, 5.41) is 2.98. The van der Waals surface area contributed by atoms with Gasteiger partial charge in [-0.25, -0.2) is 4.99 Å². The maximum atomic E-state index is 12.4. The first kappa shape index (κ1) is 19.9. The second-order valence-corrected chi connectivity index (χ2v) is 7.83. The number of aliphatic imine (C=N–C) groups is 1. The number of hydrogen-bond acceptors (Lipinski definition) is 5. The molecule has 0 spiro atoms. The van der Waals surface area contributed by atoms with E-state index in [2.05, 4.69) is 5.32 Å². The number of likely N-dealkylation sites (N-methyl/N-ethyl adjacent to an activating group) is 1. The van der Waals surface area contributed by atoms with Gasteiger partial charge in [0, 0.05) is 31.8 Å². The molecular formula is C22H27N3O3. The molecule has 148 valence electrons. The molecule has 0 saturated carbocycles. The molecule has 0 unspecified atom stereocenters. The predicted molar refractivity (Wildman–Crippen MR) is 112 cm³/mol. The Morgan fingerprint density at radius 1 is 1.18 bits per heavy atom. The third kappa shape index (κ3) is 4.34. The normalized spacial score (nSPS) is 12.8. The van der Waals surface area contributed by atoms with Crippen molar-refractivity contribution >= 4 is 23.1 Å². The van der Waals surface area contributed by atoms with Gasteiger partial charge in [-0.1, -0.05) is 32.9 Å². The van der Waals surface area contributed by atoms with Crippen molar-refractivity contribution in [2.24, 2.45) is 10.4 Å². The first-order valence-corrected chi connectivity index (χ1v) is 9.31. The zero-order chi connectivity index (χ0) is 20.3. The van der Waals surface area contributed by atoms with Crippen molar-refractivity contribution in [1.82, 2.24) is 4.90 Å². The average molecular weight is 381 g/mol. The number of anilines is 1. The molecule has 1 aliphatic heterocycles. The standard InChI is InChI=1S/C22H27N3O3/c1-22(2,3)21(26)23-15-10-11-18-16(14-15)20(25(4)12-13-27-5)24-17-8-6-7-9-19(17)28-18/h6-11,14H,12-13H2,1-5H3,(H,23,26). The van der Waals surface area contributed by atoms with E-state index in [9.17, 15) is 4.79 Å². The maximum absolute atomic E-state index is 12.4. The Kier molecular flexibility index (Phi) is 5.70. The molecule has 28 heavy (non-hydrogen) atoms. The maximum Gasteiger partial charge on any atom is 0.229 e. The molecule has 2 aromatic rings. The van der Waals surface area contributed by atoms with Crippen LogP contribution in [0.15, 0.2) is 47.5 Å². The van der Waals surface area contributed by atoms with Gasteiger partial charge in [-0.15, -0.1) is 0 Å². The number of benzene rings is 2. The van der Waals surface area contributed by atoms with Gasteiger partial charge in [0.2, 0.25) is 5.91 Å². The molecule has 0 saturated heterocycles. The first-order valence-electron chi connectivity index (χ1n) is 9.31. The summed E-state index contributed by atoms with van der Waals surface area (Å²) in [6, 6.07) is 13.3. The highest BCUT2D eigenvalue weighted by Crippen LogP contribution is 2.38. The molecule has 0 aliphatic carbocycles.